The Morgan fingerprint density at radius 1 is 1.14 bits per heavy atom. The van der Waals surface area contributed by atoms with Crippen molar-refractivity contribution in [2.75, 3.05) is 14.2 Å². The standard InChI is InChI=1S/C17H26O4/c1-5-6-7-8-16(17(18)19)12(2)13-9-14(20-3)11-15(10-13)21-4/h9-12,16H,5-8H2,1-4H3,(H,18,19)/t12-,16+/m1/s1. The quantitative estimate of drug-likeness (QED) is 0.697. The molecule has 0 amide bonds. The number of hydrogen-bond donors (Lipinski definition) is 1. The van der Waals surface area contributed by atoms with E-state index < -0.39 is 5.97 Å². The molecule has 0 spiro atoms. The SMILES string of the molecule is CCCCC[C@H](C(=O)O)[C@H](C)c1cc(OC)cc(OC)c1. The summed E-state index contributed by atoms with van der Waals surface area (Å²) in [6.45, 7) is 4.07. The van der Waals surface area contributed by atoms with Crippen molar-refractivity contribution in [2.24, 2.45) is 5.92 Å². The summed E-state index contributed by atoms with van der Waals surface area (Å²) in [5.41, 5.74) is 0.940. The number of benzene rings is 1. The number of carboxylic acids is 1. The lowest BCUT2D eigenvalue weighted by Gasteiger charge is -2.21. The van der Waals surface area contributed by atoms with Crippen LogP contribution in [0.1, 0.15) is 51.0 Å². The average molecular weight is 294 g/mol. The highest BCUT2D eigenvalue weighted by atomic mass is 16.5. The molecule has 0 radical (unpaired) electrons. The van der Waals surface area contributed by atoms with E-state index in [0.29, 0.717) is 17.9 Å². The van der Waals surface area contributed by atoms with Crippen LogP contribution in [-0.2, 0) is 4.79 Å². The second-order valence-electron chi connectivity index (χ2n) is 5.38. The monoisotopic (exact) mass is 294 g/mol. The van der Waals surface area contributed by atoms with Gasteiger partial charge < -0.3 is 14.6 Å². The number of carboxylic acid groups (broad SMARTS) is 1. The number of unbranched alkanes of at least 4 members (excludes halogenated alkanes) is 2. The molecule has 118 valence electrons. The van der Waals surface area contributed by atoms with Crippen molar-refractivity contribution in [3.63, 3.8) is 0 Å². The van der Waals surface area contributed by atoms with E-state index in [2.05, 4.69) is 6.92 Å². The molecule has 0 aliphatic heterocycles. The van der Waals surface area contributed by atoms with Crippen LogP contribution in [0.25, 0.3) is 0 Å². The minimum Gasteiger partial charge on any atom is -0.497 e. The number of hydrogen-bond acceptors (Lipinski definition) is 3. The molecule has 1 aromatic carbocycles. The Hall–Kier alpha value is -1.71. The third kappa shape index (κ3) is 4.96. The van der Waals surface area contributed by atoms with Crippen molar-refractivity contribution in [1.29, 1.82) is 0 Å². The zero-order valence-electron chi connectivity index (χ0n) is 13.4. The predicted octanol–water partition coefficient (Wildman–Crippen LogP) is 4.09. The highest BCUT2D eigenvalue weighted by Crippen LogP contribution is 2.33. The molecule has 0 aromatic heterocycles. The summed E-state index contributed by atoms with van der Waals surface area (Å²) in [5, 5.41) is 9.49. The number of methoxy groups -OCH3 is 2. The fourth-order valence-electron chi connectivity index (χ4n) is 2.53. The van der Waals surface area contributed by atoms with Crippen molar-refractivity contribution < 1.29 is 19.4 Å². The van der Waals surface area contributed by atoms with Crippen molar-refractivity contribution in [3.8, 4) is 11.5 Å². The molecule has 0 saturated carbocycles. The highest BCUT2D eigenvalue weighted by Gasteiger charge is 2.26. The molecular weight excluding hydrogens is 268 g/mol. The first-order valence-electron chi connectivity index (χ1n) is 7.49. The Morgan fingerprint density at radius 2 is 1.71 bits per heavy atom. The molecule has 4 heteroatoms. The van der Waals surface area contributed by atoms with Crippen molar-refractivity contribution in [1.82, 2.24) is 0 Å². The smallest absolute Gasteiger partial charge is 0.307 e. The Morgan fingerprint density at radius 3 is 2.14 bits per heavy atom. The number of ether oxygens (including phenoxy) is 2. The largest absolute Gasteiger partial charge is 0.497 e. The van der Waals surface area contributed by atoms with Crippen LogP contribution in [0.3, 0.4) is 0 Å². The molecule has 1 aromatic rings. The maximum atomic E-state index is 11.6. The van der Waals surface area contributed by atoms with Gasteiger partial charge in [-0.15, -0.1) is 0 Å². The van der Waals surface area contributed by atoms with Crippen LogP contribution in [0, 0.1) is 5.92 Å². The molecule has 1 rings (SSSR count). The van der Waals surface area contributed by atoms with Crippen LogP contribution in [-0.4, -0.2) is 25.3 Å². The lowest BCUT2D eigenvalue weighted by atomic mass is 9.84. The van der Waals surface area contributed by atoms with E-state index in [0.717, 1.165) is 24.8 Å². The Balaban J connectivity index is 2.96. The molecule has 21 heavy (non-hydrogen) atoms. The third-order valence-electron chi connectivity index (χ3n) is 3.94. The maximum absolute atomic E-state index is 11.6. The normalized spacial score (nSPS) is 13.5. The van der Waals surface area contributed by atoms with Gasteiger partial charge in [-0.25, -0.2) is 0 Å². The fourth-order valence-corrected chi connectivity index (χ4v) is 2.53. The molecule has 0 aliphatic rings. The molecular formula is C17H26O4. The van der Waals surface area contributed by atoms with Gasteiger partial charge in [-0.05, 0) is 30.0 Å². The van der Waals surface area contributed by atoms with E-state index in [9.17, 15) is 9.90 Å². The molecule has 0 saturated heterocycles. The number of carbonyl (C=O) groups is 1. The van der Waals surface area contributed by atoms with Gasteiger partial charge in [0.15, 0.2) is 0 Å². The van der Waals surface area contributed by atoms with Crippen molar-refractivity contribution in [3.05, 3.63) is 23.8 Å². The van der Waals surface area contributed by atoms with Gasteiger partial charge in [0, 0.05) is 6.07 Å². The molecule has 4 nitrogen and oxygen atoms in total. The van der Waals surface area contributed by atoms with Gasteiger partial charge in [-0.2, -0.15) is 0 Å². The zero-order chi connectivity index (χ0) is 15.8. The Labute approximate surface area is 127 Å². The summed E-state index contributed by atoms with van der Waals surface area (Å²) in [6, 6.07) is 5.58. The van der Waals surface area contributed by atoms with Gasteiger partial charge in [0.2, 0.25) is 0 Å². The zero-order valence-corrected chi connectivity index (χ0v) is 13.4. The van der Waals surface area contributed by atoms with Gasteiger partial charge >= 0.3 is 5.97 Å². The predicted molar refractivity (Wildman–Crippen MR) is 83.2 cm³/mol. The Kier molecular flexibility index (Phi) is 7.06. The van der Waals surface area contributed by atoms with Crippen molar-refractivity contribution >= 4 is 5.97 Å². The first kappa shape index (κ1) is 17.3. The molecule has 0 unspecified atom stereocenters. The minimum atomic E-state index is -0.736. The van der Waals surface area contributed by atoms with Gasteiger partial charge in [-0.1, -0.05) is 33.1 Å². The van der Waals surface area contributed by atoms with E-state index in [-0.39, 0.29) is 11.8 Å². The summed E-state index contributed by atoms with van der Waals surface area (Å²) in [4.78, 5) is 11.6. The highest BCUT2D eigenvalue weighted by molar-refractivity contribution is 5.71. The van der Waals surface area contributed by atoms with Crippen LogP contribution in [0.4, 0.5) is 0 Å². The van der Waals surface area contributed by atoms with E-state index in [1.807, 2.05) is 19.1 Å². The Bertz CT molecular complexity index is 434. The molecule has 2 atom stereocenters. The third-order valence-corrected chi connectivity index (χ3v) is 3.94. The van der Waals surface area contributed by atoms with Gasteiger partial charge in [0.1, 0.15) is 11.5 Å². The van der Waals surface area contributed by atoms with E-state index in [1.165, 1.54) is 0 Å². The van der Waals surface area contributed by atoms with Crippen LogP contribution < -0.4 is 9.47 Å². The lowest BCUT2D eigenvalue weighted by Crippen LogP contribution is -2.20. The molecule has 0 fully saturated rings. The second-order valence-corrected chi connectivity index (χ2v) is 5.38. The van der Waals surface area contributed by atoms with Crippen LogP contribution in [0.5, 0.6) is 11.5 Å². The average Bonchev–Trinajstić information content (AvgIpc) is 2.50. The maximum Gasteiger partial charge on any atom is 0.307 e. The van der Waals surface area contributed by atoms with Gasteiger partial charge in [-0.3, -0.25) is 4.79 Å². The molecule has 0 bridgehead atoms. The fraction of sp³-hybridized carbons (Fsp3) is 0.588. The summed E-state index contributed by atoms with van der Waals surface area (Å²) >= 11 is 0. The topological polar surface area (TPSA) is 55.8 Å². The van der Waals surface area contributed by atoms with Crippen LogP contribution in [0.15, 0.2) is 18.2 Å². The molecule has 0 aliphatic carbocycles. The summed E-state index contributed by atoms with van der Waals surface area (Å²) < 4.78 is 10.5. The van der Waals surface area contributed by atoms with E-state index >= 15 is 0 Å². The molecule has 0 heterocycles. The van der Waals surface area contributed by atoms with Crippen LogP contribution >= 0.6 is 0 Å². The number of rotatable bonds is 9. The van der Waals surface area contributed by atoms with E-state index in [4.69, 9.17) is 9.47 Å². The van der Waals surface area contributed by atoms with Gasteiger partial charge in [0.25, 0.3) is 0 Å². The summed E-state index contributed by atoms with van der Waals surface area (Å²) in [6.07, 6.45) is 3.80. The second kappa shape index (κ2) is 8.55. The molecule has 1 N–H and O–H groups in total. The summed E-state index contributed by atoms with van der Waals surface area (Å²) in [7, 11) is 3.19. The number of aliphatic carboxylic acids is 1. The van der Waals surface area contributed by atoms with E-state index in [1.54, 1.807) is 20.3 Å². The lowest BCUT2D eigenvalue weighted by molar-refractivity contribution is -0.142. The summed E-state index contributed by atoms with van der Waals surface area (Å²) in [5.74, 6) is 0.180. The van der Waals surface area contributed by atoms with Gasteiger partial charge in [0.05, 0.1) is 20.1 Å². The van der Waals surface area contributed by atoms with Crippen molar-refractivity contribution in [2.45, 2.75) is 45.4 Å². The minimum absolute atomic E-state index is 0.0802. The first-order valence-corrected chi connectivity index (χ1v) is 7.49. The van der Waals surface area contributed by atoms with Crippen LogP contribution in [0.2, 0.25) is 0 Å². The first-order chi connectivity index (χ1) is 10.0.